The third-order valence-electron chi connectivity index (χ3n) is 7.23. The molecular formula is C31H20N2O9. The van der Waals surface area contributed by atoms with Gasteiger partial charge in [-0.05, 0) is 48.5 Å². The van der Waals surface area contributed by atoms with Crippen LogP contribution in [-0.4, -0.2) is 40.7 Å². The molecular weight excluding hydrogens is 544 g/mol. The van der Waals surface area contributed by atoms with Gasteiger partial charge in [-0.2, -0.15) is 0 Å². The summed E-state index contributed by atoms with van der Waals surface area (Å²) in [5, 5.41) is 5.02. The molecule has 0 saturated carbocycles. The number of Topliss-reactive ketones (excluding diaryl/α,β-unsaturated/α-hetero) is 4. The van der Waals surface area contributed by atoms with Crippen LogP contribution in [0.1, 0.15) is 68.9 Å². The molecule has 6 rings (SSSR count). The molecule has 208 valence electrons. The zero-order chi connectivity index (χ0) is 29.5. The van der Waals surface area contributed by atoms with Gasteiger partial charge in [-0.1, -0.05) is 12.1 Å². The number of nitrogens with one attached hydrogen (secondary N) is 2. The van der Waals surface area contributed by atoms with Crippen LogP contribution in [-0.2, 0) is 22.7 Å². The number of carbonyl (C=O) groups is 7. The lowest BCUT2D eigenvalue weighted by Gasteiger charge is -2.07. The smallest absolute Gasteiger partial charge is 0.239 e. The second kappa shape index (κ2) is 10.4. The first-order valence-electron chi connectivity index (χ1n) is 12.8. The molecule has 0 fully saturated rings. The molecule has 0 saturated heterocycles. The summed E-state index contributed by atoms with van der Waals surface area (Å²) in [6.45, 7) is -0.00987. The van der Waals surface area contributed by atoms with Gasteiger partial charge in [0.25, 0.3) is 0 Å². The van der Waals surface area contributed by atoms with E-state index in [4.69, 9.17) is 8.83 Å². The van der Waals surface area contributed by atoms with Crippen LogP contribution in [0.4, 0.5) is 0 Å². The van der Waals surface area contributed by atoms with E-state index >= 15 is 0 Å². The molecule has 11 nitrogen and oxygen atoms in total. The van der Waals surface area contributed by atoms with Crippen molar-refractivity contribution in [2.45, 2.75) is 13.1 Å². The fourth-order valence-corrected chi connectivity index (χ4v) is 5.09. The van der Waals surface area contributed by atoms with Gasteiger partial charge in [0.2, 0.25) is 11.8 Å². The Kier molecular flexibility index (Phi) is 6.54. The van der Waals surface area contributed by atoms with Gasteiger partial charge in [0.1, 0.15) is 11.5 Å². The van der Waals surface area contributed by atoms with Crippen LogP contribution < -0.4 is 10.6 Å². The maximum absolute atomic E-state index is 13.3. The van der Waals surface area contributed by atoms with E-state index in [1.54, 1.807) is 24.3 Å². The van der Waals surface area contributed by atoms with Crippen molar-refractivity contribution in [1.82, 2.24) is 10.6 Å². The van der Waals surface area contributed by atoms with Gasteiger partial charge in [-0.15, -0.1) is 0 Å². The molecule has 2 aliphatic carbocycles. The molecule has 42 heavy (non-hydrogen) atoms. The van der Waals surface area contributed by atoms with E-state index < -0.39 is 52.6 Å². The van der Waals surface area contributed by atoms with Crippen LogP contribution in [0.5, 0.6) is 0 Å². The molecule has 2 atom stereocenters. The number of furan rings is 2. The number of hydrogen-bond acceptors (Lipinski definition) is 9. The van der Waals surface area contributed by atoms with Crippen molar-refractivity contribution in [1.29, 1.82) is 0 Å². The van der Waals surface area contributed by atoms with Crippen molar-refractivity contribution in [3.05, 3.63) is 118 Å². The van der Waals surface area contributed by atoms with E-state index in [-0.39, 0.29) is 46.5 Å². The van der Waals surface area contributed by atoms with E-state index in [2.05, 4.69) is 10.6 Å². The van der Waals surface area contributed by atoms with Gasteiger partial charge in [-0.25, -0.2) is 0 Å². The summed E-state index contributed by atoms with van der Waals surface area (Å²) in [4.78, 5) is 90.5. The summed E-state index contributed by atoms with van der Waals surface area (Å²) in [6, 6.07) is 14.3. The Morgan fingerprint density at radius 3 is 1.36 bits per heavy atom. The molecule has 2 amide bonds. The highest BCUT2D eigenvalue weighted by molar-refractivity contribution is 6.36. The van der Waals surface area contributed by atoms with Crippen LogP contribution >= 0.6 is 0 Å². The molecule has 2 aromatic carbocycles. The molecule has 2 N–H and O–H groups in total. The molecule has 2 unspecified atom stereocenters. The third-order valence-corrected chi connectivity index (χ3v) is 7.23. The standard InChI is InChI=1S/C31H20N2O9/c34-25(15-5-7-19-21(11-15)28(37)23(26(19)35)30(39)32-13-17-3-1-9-41-17)16-6-8-20-22(12-16)29(38)24(27(20)36)31(40)33-14-18-4-2-10-42-18/h1-12,23-24H,13-14H2,(H,32,39)(H,33,40). The minimum absolute atomic E-state index is 0.00494. The molecule has 4 aromatic rings. The van der Waals surface area contributed by atoms with Crippen LogP contribution in [0.2, 0.25) is 0 Å². The first-order chi connectivity index (χ1) is 20.2. The molecule has 0 spiro atoms. The van der Waals surface area contributed by atoms with E-state index in [1.807, 2.05) is 0 Å². The average Bonchev–Trinajstić information content (AvgIpc) is 3.79. The van der Waals surface area contributed by atoms with E-state index in [9.17, 15) is 33.6 Å². The van der Waals surface area contributed by atoms with Crippen LogP contribution in [0.3, 0.4) is 0 Å². The Morgan fingerprint density at radius 1 is 0.571 bits per heavy atom. The predicted octanol–water partition coefficient (Wildman–Crippen LogP) is 2.73. The second-order valence-electron chi connectivity index (χ2n) is 9.77. The van der Waals surface area contributed by atoms with Crippen molar-refractivity contribution in [3.8, 4) is 0 Å². The number of carbonyl (C=O) groups excluding carboxylic acids is 7. The van der Waals surface area contributed by atoms with E-state index in [1.165, 1.54) is 48.9 Å². The number of amides is 2. The minimum Gasteiger partial charge on any atom is -0.467 e. The van der Waals surface area contributed by atoms with Crippen molar-refractivity contribution in [2.24, 2.45) is 11.8 Å². The molecule has 2 heterocycles. The molecule has 11 heteroatoms. The van der Waals surface area contributed by atoms with Gasteiger partial charge in [0, 0.05) is 33.4 Å². The van der Waals surface area contributed by atoms with Crippen molar-refractivity contribution < 1.29 is 42.4 Å². The van der Waals surface area contributed by atoms with E-state index in [0.717, 1.165) is 0 Å². The summed E-state index contributed by atoms with van der Waals surface area (Å²) in [5.74, 6) is -7.25. The van der Waals surface area contributed by atoms with Gasteiger partial charge < -0.3 is 19.5 Å². The van der Waals surface area contributed by atoms with Crippen LogP contribution in [0.15, 0.2) is 82.0 Å². The lowest BCUT2D eigenvalue weighted by molar-refractivity contribution is -0.123. The SMILES string of the molecule is O=C(c1ccc2c(c1)C(=O)C(C(=O)NCc1ccco1)C2=O)c1ccc2c(c1)C(=O)C(C(=O)NCc1ccco1)C2=O. The van der Waals surface area contributed by atoms with Crippen LogP contribution in [0.25, 0.3) is 0 Å². The molecule has 2 aliphatic rings. The van der Waals surface area contributed by atoms with E-state index in [0.29, 0.717) is 11.5 Å². The molecule has 0 bridgehead atoms. The number of hydrogen-bond donors (Lipinski definition) is 2. The Hall–Kier alpha value is -5.71. The maximum atomic E-state index is 13.3. The Bertz CT molecular complexity index is 1680. The largest absolute Gasteiger partial charge is 0.467 e. The first kappa shape index (κ1) is 26.5. The molecule has 2 aromatic heterocycles. The summed E-state index contributed by atoms with van der Waals surface area (Å²) >= 11 is 0. The lowest BCUT2D eigenvalue weighted by atomic mass is 9.96. The lowest BCUT2D eigenvalue weighted by Crippen LogP contribution is -2.36. The number of rotatable bonds is 8. The zero-order valence-corrected chi connectivity index (χ0v) is 21.7. The first-order valence-corrected chi connectivity index (χ1v) is 12.8. The Balaban J connectivity index is 1.19. The summed E-state index contributed by atoms with van der Waals surface area (Å²) in [5.41, 5.74) is -0.0120. The highest BCUT2D eigenvalue weighted by atomic mass is 16.3. The fourth-order valence-electron chi connectivity index (χ4n) is 5.09. The third kappa shape index (κ3) is 4.46. The van der Waals surface area contributed by atoms with Gasteiger partial charge in [0.05, 0.1) is 25.6 Å². The summed E-state index contributed by atoms with van der Waals surface area (Å²) < 4.78 is 10.3. The molecule has 0 radical (unpaired) electrons. The summed E-state index contributed by atoms with van der Waals surface area (Å²) in [7, 11) is 0. The van der Waals surface area contributed by atoms with Gasteiger partial charge in [0.15, 0.2) is 40.8 Å². The quantitative estimate of drug-likeness (QED) is 0.241. The zero-order valence-electron chi connectivity index (χ0n) is 21.7. The normalized spacial score (nSPS) is 17.2. The van der Waals surface area contributed by atoms with Gasteiger partial charge in [-0.3, -0.25) is 33.6 Å². The highest BCUT2D eigenvalue weighted by Gasteiger charge is 2.45. The Morgan fingerprint density at radius 2 is 0.976 bits per heavy atom. The number of fused-ring (bicyclic) bond motifs is 2. The summed E-state index contributed by atoms with van der Waals surface area (Å²) in [6.07, 6.45) is 2.85. The second-order valence-corrected chi connectivity index (χ2v) is 9.77. The predicted molar refractivity (Wildman–Crippen MR) is 142 cm³/mol. The monoisotopic (exact) mass is 564 g/mol. The fraction of sp³-hybridized carbons (Fsp3) is 0.129. The van der Waals surface area contributed by atoms with Crippen molar-refractivity contribution >= 4 is 40.7 Å². The maximum Gasteiger partial charge on any atom is 0.239 e. The van der Waals surface area contributed by atoms with Crippen molar-refractivity contribution in [3.63, 3.8) is 0 Å². The molecule has 0 aliphatic heterocycles. The Labute approximate surface area is 236 Å². The van der Waals surface area contributed by atoms with Crippen LogP contribution in [0, 0.1) is 11.8 Å². The van der Waals surface area contributed by atoms with Gasteiger partial charge >= 0.3 is 0 Å². The highest BCUT2D eigenvalue weighted by Crippen LogP contribution is 2.31. The van der Waals surface area contributed by atoms with Crippen molar-refractivity contribution in [2.75, 3.05) is 0 Å². The number of benzene rings is 2. The topological polar surface area (TPSA) is 170 Å². The average molecular weight is 565 g/mol. The number of ketones is 5. The minimum atomic E-state index is -1.58.